The molecule has 0 spiro atoms. The fraction of sp³-hybridized carbons (Fsp3) is 0.160. The molecule has 0 aliphatic heterocycles. The Kier molecular flexibility index (Phi) is 6.08. The third-order valence-electron chi connectivity index (χ3n) is 4.82. The molecule has 1 heterocycles. The summed E-state index contributed by atoms with van der Waals surface area (Å²) >= 11 is 0. The maximum absolute atomic E-state index is 13.1. The van der Waals surface area contributed by atoms with Crippen LogP contribution in [0.15, 0.2) is 83.4 Å². The summed E-state index contributed by atoms with van der Waals surface area (Å²) < 4.78 is 11.3. The van der Waals surface area contributed by atoms with Crippen LogP contribution in [-0.2, 0) is 13.2 Å². The second kappa shape index (κ2) is 9.26. The minimum atomic E-state index is -0.182. The molecular weight excluding hydrogens is 390 g/mol. The molecule has 0 aliphatic rings. The largest absolute Gasteiger partial charge is 0.488 e. The average Bonchev–Trinajstić information content (AvgIpc) is 3.26. The molecule has 31 heavy (non-hydrogen) atoms. The van der Waals surface area contributed by atoms with E-state index in [9.17, 15) is 4.79 Å². The lowest BCUT2D eigenvalue weighted by Crippen LogP contribution is -2.26. The molecule has 0 N–H and O–H groups in total. The first-order valence-electron chi connectivity index (χ1n) is 10.0. The molecule has 0 saturated carbocycles. The molecule has 0 atom stereocenters. The number of para-hydroxylation sites is 1. The molecule has 0 saturated heterocycles. The van der Waals surface area contributed by atoms with Crippen LogP contribution in [0, 0.1) is 6.92 Å². The Balaban J connectivity index is 1.45. The van der Waals surface area contributed by atoms with Crippen molar-refractivity contribution in [3.05, 3.63) is 101 Å². The predicted molar refractivity (Wildman–Crippen MR) is 117 cm³/mol. The summed E-state index contributed by atoms with van der Waals surface area (Å²) in [6.07, 6.45) is 0. The van der Waals surface area contributed by atoms with Crippen LogP contribution in [-0.4, -0.2) is 28.0 Å². The Morgan fingerprint density at radius 3 is 2.58 bits per heavy atom. The maximum atomic E-state index is 13.1. The SMILES string of the molecule is Cc1cccc(-c2noc(CN(C)C(=O)c3ccccc3OCc3ccccc3)n2)c1. The summed E-state index contributed by atoms with van der Waals surface area (Å²) in [6.45, 7) is 2.59. The first-order valence-corrected chi connectivity index (χ1v) is 10.0. The normalized spacial score (nSPS) is 10.6. The number of aromatic nitrogens is 2. The van der Waals surface area contributed by atoms with Crippen LogP contribution in [0.1, 0.15) is 27.4 Å². The predicted octanol–water partition coefficient (Wildman–Crippen LogP) is 4.90. The van der Waals surface area contributed by atoms with E-state index in [0.29, 0.717) is 29.6 Å². The first kappa shape index (κ1) is 20.3. The Morgan fingerprint density at radius 2 is 1.77 bits per heavy atom. The topological polar surface area (TPSA) is 68.5 Å². The Labute approximate surface area is 181 Å². The van der Waals surface area contributed by atoms with Gasteiger partial charge in [0.2, 0.25) is 11.7 Å². The molecule has 6 heteroatoms. The van der Waals surface area contributed by atoms with Gasteiger partial charge in [-0.05, 0) is 30.7 Å². The molecule has 156 valence electrons. The molecular formula is C25H23N3O3. The lowest BCUT2D eigenvalue weighted by molar-refractivity contribution is 0.0764. The highest BCUT2D eigenvalue weighted by Crippen LogP contribution is 2.22. The third kappa shape index (κ3) is 4.98. The van der Waals surface area contributed by atoms with Crippen molar-refractivity contribution in [2.45, 2.75) is 20.1 Å². The van der Waals surface area contributed by atoms with Gasteiger partial charge in [0.05, 0.1) is 5.56 Å². The van der Waals surface area contributed by atoms with Crippen molar-refractivity contribution >= 4 is 5.91 Å². The number of aryl methyl sites for hydroxylation is 1. The standard InChI is InChI=1S/C25H23N3O3/c1-18-9-8-12-20(15-18)24-26-23(31-27-24)16-28(2)25(29)21-13-6-7-14-22(21)30-17-19-10-4-3-5-11-19/h3-15H,16-17H2,1-2H3. The van der Waals surface area contributed by atoms with E-state index in [4.69, 9.17) is 9.26 Å². The Morgan fingerprint density at radius 1 is 1.00 bits per heavy atom. The first-order chi connectivity index (χ1) is 15.1. The number of hydrogen-bond acceptors (Lipinski definition) is 5. The number of hydrogen-bond donors (Lipinski definition) is 0. The molecule has 1 aromatic heterocycles. The second-order valence-corrected chi connectivity index (χ2v) is 7.31. The Hall–Kier alpha value is -3.93. The number of nitrogens with zero attached hydrogens (tertiary/aromatic N) is 3. The molecule has 6 nitrogen and oxygen atoms in total. The van der Waals surface area contributed by atoms with Gasteiger partial charge < -0.3 is 14.2 Å². The second-order valence-electron chi connectivity index (χ2n) is 7.31. The van der Waals surface area contributed by atoms with E-state index in [2.05, 4.69) is 10.1 Å². The van der Waals surface area contributed by atoms with E-state index < -0.39 is 0 Å². The van der Waals surface area contributed by atoms with Crippen LogP contribution in [0.3, 0.4) is 0 Å². The molecule has 0 fully saturated rings. The fourth-order valence-electron chi connectivity index (χ4n) is 3.21. The van der Waals surface area contributed by atoms with E-state index in [1.54, 1.807) is 19.2 Å². The number of amides is 1. The molecule has 1 amide bonds. The molecule has 4 aromatic rings. The average molecular weight is 413 g/mol. The molecule has 0 aliphatic carbocycles. The van der Waals surface area contributed by atoms with Gasteiger partial charge in [-0.15, -0.1) is 0 Å². The minimum absolute atomic E-state index is 0.182. The summed E-state index contributed by atoms with van der Waals surface area (Å²) in [5.74, 6) is 1.23. The van der Waals surface area contributed by atoms with E-state index >= 15 is 0 Å². The minimum Gasteiger partial charge on any atom is -0.488 e. The molecule has 3 aromatic carbocycles. The van der Waals surface area contributed by atoms with Gasteiger partial charge in [-0.25, -0.2) is 0 Å². The number of carbonyl (C=O) groups is 1. The number of rotatable bonds is 7. The van der Waals surface area contributed by atoms with Gasteiger partial charge in [-0.1, -0.05) is 71.4 Å². The lowest BCUT2D eigenvalue weighted by atomic mass is 10.1. The highest BCUT2D eigenvalue weighted by atomic mass is 16.5. The maximum Gasteiger partial charge on any atom is 0.257 e. The summed E-state index contributed by atoms with van der Waals surface area (Å²) in [5, 5.41) is 4.04. The zero-order chi connectivity index (χ0) is 21.6. The van der Waals surface area contributed by atoms with Crippen LogP contribution in [0.2, 0.25) is 0 Å². The number of benzene rings is 3. The number of ether oxygens (including phenoxy) is 1. The van der Waals surface area contributed by atoms with E-state index in [1.807, 2.05) is 73.7 Å². The zero-order valence-corrected chi connectivity index (χ0v) is 17.5. The fourth-order valence-corrected chi connectivity index (χ4v) is 3.21. The van der Waals surface area contributed by atoms with Crippen LogP contribution >= 0.6 is 0 Å². The van der Waals surface area contributed by atoms with Crippen molar-refractivity contribution in [1.82, 2.24) is 15.0 Å². The molecule has 4 rings (SSSR count). The van der Waals surface area contributed by atoms with Crippen LogP contribution in [0.5, 0.6) is 5.75 Å². The summed E-state index contributed by atoms with van der Waals surface area (Å²) in [4.78, 5) is 19.0. The zero-order valence-electron chi connectivity index (χ0n) is 17.5. The van der Waals surface area contributed by atoms with Gasteiger partial charge >= 0.3 is 0 Å². The van der Waals surface area contributed by atoms with Crippen molar-refractivity contribution in [3.63, 3.8) is 0 Å². The quantitative estimate of drug-likeness (QED) is 0.431. The van der Waals surface area contributed by atoms with E-state index in [1.165, 1.54) is 4.90 Å². The van der Waals surface area contributed by atoms with Crippen LogP contribution < -0.4 is 4.74 Å². The van der Waals surface area contributed by atoms with Gasteiger partial charge in [0.1, 0.15) is 18.9 Å². The van der Waals surface area contributed by atoms with Crippen molar-refractivity contribution < 1.29 is 14.1 Å². The van der Waals surface area contributed by atoms with Gasteiger partial charge in [-0.2, -0.15) is 4.98 Å². The monoisotopic (exact) mass is 413 g/mol. The van der Waals surface area contributed by atoms with Crippen LogP contribution in [0.4, 0.5) is 0 Å². The van der Waals surface area contributed by atoms with Crippen LogP contribution in [0.25, 0.3) is 11.4 Å². The third-order valence-corrected chi connectivity index (χ3v) is 4.82. The van der Waals surface area contributed by atoms with E-state index in [0.717, 1.165) is 16.7 Å². The molecule has 0 bridgehead atoms. The smallest absolute Gasteiger partial charge is 0.257 e. The van der Waals surface area contributed by atoms with Crippen molar-refractivity contribution in [3.8, 4) is 17.1 Å². The van der Waals surface area contributed by atoms with Gasteiger partial charge in [-0.3, -0.25) is 4.79 Å². The summed E-state index contributed by atoms with van der Waals surface area (Å²) in [6, 6.07) is 24.9. The highest BCUT2D eigenvalue weighted by molar-refractivity contribution is 5.96. The van der Waals surface area contributed by atoms with Crippen molar-refractivity contribution in [2.75, 3.05) is 7.05 Å². The lowest BCUT2D eigenvalue weighted by Gasteiger charge is -2.17. The number of carbonyl (C=O) groups excluding carboxylic acids is 1. The van der Waals surface area contributed by atoms with Crippen molar-refractivity contribution in [2.24, 2.45) is 0 Å². The summed E-state index contributed by atoms with van der Waals surface area (Å²) in [7, 11) is 1.70. The van der Waals surface area contributed by atoms with Gasteiger partial charge in [0, 0.05) is 12.6 Å². The summed E-state index contributed by atoms with van der Waals surface area (Å²) in [5.41, 5.74) is 3.51. The van der Waals surface area contributed by atoms with Gasteiger partial charge in [0.25, 0.3) is 5.91 Å². The molecule has 0 radical (unpaired) electrons. The Bertz CT molecular complexity index is 1170. The molecule has 0 unspecified atom stereocenters. The van der Waals surface area contributed by atoms with E-state index in [-0.39, 0.29) is 12.5 Å². The van der Waals surface area contributed by atoms with Crippen molar-refractivity contribution in [1.29, 1.82) is 0 Å². The van der Waals surface area contributed by atoms with Gasteiger partial charge in [0.15, 0.2) is 0 Å². The highest BCUT2D eigenvalue weighted by Gasteiger charge is 2.19.